The molecule has 2 rings (SSSR count). The molecule has 16 heavy (non-hydrogen) atoms. The molecular weight excluding hydrogens is 200 g/mol. The molecule has 1 saturated carbocycles. The molecule has 88 valence electrons. The predicted molar refractivity (Wildman–Crippen MR) is 64.9 cm³/mol. The van der Waals surface area contributed by atoms with Crippen LogP contribution >= 0.6 is 0 Å². The Balaban J connectivity index is 1.71. The predicted octanol–water partition coefficient (Wildman–Crippen LogP) is 3.20. The third kappa shape index (κ3) is 3.24. The van der Waals surface area contributed by atoms with E-state index in [9.17, 15) is 0 Å². The maximum absolute atomic E-state index is 5.83. The monoisotopic (exact) mass is 220 g/mol. The lowest BCUT2D eigenvalue weighted by Gasteiger charge is -2.10. The number of rotatable bonds is 5. The van der Waals surface area contributed by atoms with Crippen molar-refractivity contribution in [3.63, 3.8) is 0 Å². The van der Waals surface area contributed by atoms with Crippen LogP contribution in [0, 0.1) is 0 Å². The molecule has 0 aliphatic heterocycles. The van der Waals surface area contributed by atoms with Gasteiger partial charge in [0.05, 0.1) is 19.8 Å². The van der Waals surface area contributed by atoms with E-state index in [4.69, 9.17) is 9.47 Å². The highest BCUT2D eigenvalue weighted by Gasteiger charge is 2.14. The smallest absolute Gasteiger partial charge is 0.118 e. The number of benzene rings is 1. The topological polar surface area (TPSA) is 18.5 Å². The van der Waals surface area contributed by atoms with Gasteiger partial charge in [-0.15, -0.1) is 0 Å². The van der Waals surface area contributed by atoms with Crippen molar-refractivity contribution in [3.8, 4) is 5.75 Å². The highest BCUT2D eigenvalue weighted by atomic mass is 16.5. The van der Waals surface area contributed by atoms with Crippen molar-refractivity contribution in [1.82, 2.24) is 0 Å². The Labute approximate surface area is 97.6 Å². The van der Waals surface area contributed by atoms with Crippen LogP contribution in [0.5, 0.6) is 5.75 Å². The van der Waals surface area contributed by atoms with E-state index in [-0.39, 0.29) is 0 Å². The summed E-state index contributed by atoms with van der Waals surface area (Å²) in [6.45, 7) is 0.844. The van der Waals surface area contributed by atoms with E-state index in [2.05, 4.69) is 12.1 Å². The van der Waals surface area contributed by atoms with E-state index in [0.717, 1.165) is 18.8 Å². The van der Waals surface area contributed by atoms with Gasteiger partial charge in [-0.1, -0.05) is 25.0 Å². The fourth-order valence-corrected chi connectivity index (χ4v) is 2.19. The first-order chi connectivity index (χ1) is 7.88. The van der Waals surface area contributed by atoms with Crippen LogP contribution in [0.3, 0.4) is 0 Å². The standard InChI is InChI=1S/C14H20O2/c1-15-13-8-6-12(7-9-13)10-11-16-14-4-2-3-5-14/h6-9,14H,2-5,10-11H2,1H3. The minimum absolute atomic E-state index is 0.526. The van der Waals surface area contributed by atoms with Gasteiger partial charge in [0.15, 0.2) is 0 Å². The van der Waals surface area contributed by atoms with Crippen LogP contribution < -0.4 is 4.74 Å². The van der Waals surface area contributed by atoms with Gasteiger partial charge in [0.25, 0.3) is 0 Å². The second-order valence-corrected chi connectivity index (χ2v) is 4.38. The van der Waals surface area contributed by atoms with Crippen LogP contribution in [0.15, 0.2) is 24.3 Å². The first-order valence-electron chi connectivity index (χ1n) is 6.13. The lowest BCUT2D eigenvalue weighted by atomic mass is 10.1. The number of methoxy groups -OCH3 is 1. The Morgan fingerprint density at radius 3 is 2.44 bits per heavy atom. The summed E-state index contributed by atoms with van der Waals surface area (Å²) in [5, 5.41) is 0. The van der Waals surface area contributed by atoms with Crippen LogP contribution in [-0.4, -0.2) is 19.8 Å². The Bertz CT molecular complexity index is 299. The van der Waals surface area contributed by atoms with Crippen LogP contribution in [0.25, 0.3) is 0 Å². The Kier molecular flexibility index (Phi) is 4.23. The summed E-state index contributed by atoms with van der Waals surface area (Å²) in [7, 11) is 1.69. The molecule has 2 heteroatoms. The van der Waals surface area contributed by atoms with Crippen LogP contribution in [0.2, 0.25) is 0 Å². The highest BCUT2D eigenvalue weighted by Crippen LogP contribution is 2.21. The second-order valence-electron chi connectivity index (χ2n) is 4.38. The molecule has 0 aromatic heterocycles. The minimum Gasteiger partial charge on any atom is -0.497 e. The molecule has 1 aliphatic carbocycles. The third-order valence-corrected chi connectivity index (χ3v) is 3.21. The molecule has 0 saturated heterocycles. The van der Waals surface area contributed by atoms with Gasteiger partial charge < -0.3 is 9.47 Å². The van der Waals surface area contributed by atoms with Gasteiger partial charge in [-0.05, 0) is 37.0 Å². The molecule has 1 aliphatic rings. The Morgan fingerprint density at radius 1 is 1.12 bits per heavy atom. The zero-order chi connectivity index (χ0) is 11.2. The van der Waals surface area contributed by atoms with Crippen molar-refractivity contribution in [2.75, 3.05) is 13.7 Å². The summed E-state index contributed by atoms with van der Waals surface area (Å²) in [5.41, 5.74) is 1.32. The first-order valence-corrected chi connectivity index (χ1v) is 6.13. The number of ether oxygens (including phenoxy) is 2. The van der Waals surface area contributed by atoms with Crippen molar-refractivity contribution >= 4 is 0 Å². The van der Waals surface area contributed by atoms with Gasteiger partial charge in [-0.3, -0.25) is 0 Å². The summed E-state index contributed by atoms with van der Waals surface area (Å²) in [4.78, 5) is 0. The van der Waals surface area contributed by atoms with Crippen molar-refractivity contribution in [1.29, 1.82) is 0 Å². The quantitative estimate of drug-likeness (QED) is 0.758. The van der Waals surface area contributed by atoms with Gasteiger partial charge in [0.2, 0.25) is 0 Å². The zero-order valence-electron chi connectivity index (χ0n) is 9.95. The fourth-order valence-electron chi connectivity index (χ4n) is 2.19. The lowest BCUT2D eigenvalue weighted by molar-refractivity contribution is 0.0606. The van der Waals surface area contributed by atoms with Crippen molar-refractivity contribution in [3.05, 3.63) is 29.8 Å². The summed E-state index contributed by atoms with van der Waals surface area (Å²) in [6, 6.07) is 8.23. The van der Waals surface area contributed by atoms with E-state index >= 15 is 0 Å². The van der Waals surface area contributed by atoms with Crippen LogP contribution in [0.1, 0.15) is 31.2 Å². The molecule has 0 amide bonds. The molecule has 2 nitrogen and oxygen atoms in total. The largest absolute Gasteiger partial charge is 0.497 e. The Hall–Kier alpha value is -1.02. The van der Waals surface area contributed by atoms with Gasteiger partial charge in [-0.2, -0.15) is 0 Å². The van der Waals surface area contributed by atoms with Gasteiger partial charge in [0.1, 0.15) is 5.75 Å². The minimum atomic E-state index is 0.526. The SMILES string of the molecule is COc1ccc(CCOC2CCCC2)cc1. The van der Waals surface area contributed by atoms with E-state index < -0.39 is 0 Å². The maximum atomic E-state index is 5.83. The van der Waals surface area contributed by atoms with Crippen molar-refractivity contribution < 1.29 is 9.47 Å². The summed E-state index contributed by atoms with van der Waals surface area (Å²) in [6.07, 6.45) is 6.71. The van der Waals surface area contributed by atoms with Crippen LogP contribution in [-0.2, 0) is 11.2 Å². The third-order valence-electron chi connectivity index (χ3n) is 3.21. The summed E-state index contributed by atoms with van der Waals surface area (Å²) < 4.78 is 11.0. The molecule has 1 aromatic carbocycles. The number of hydrogen-bond donors (Lipinski definition) is 0. The molecule has 0 N–H and O–H groups in total. The van der Waals surface area contributed by atoms with E-state index in [1.807, 2.05) is 12.1 Å². The highest BCUT2D eigenvalue weighted by molar-refractivity contribution is 5.27. The summed E-state index contributed by atoms with van der Waals surface area (Å²) in [5.74, 6) is 0.917. The molecule has 1 aromatic rings. The van der Waals surface area contributed by atoms with E-state index in [0.29, 0.717) is 6.10 Å². The average Bonchev–Trinajstić information content (AvgIpc) is 2.83. The molecule has 0 spiro atoms. The second kappa shape index (κ2) is 5.90. The Morgan fingerprint density at radius 2 is 1.81 bits per heavy atom. The molecule has 0 atom stereocenters. The van der Waals surface area contributed by atoms with Crippen molar-refractivity contribution in [2.24, 2.45) is 0 Å². The normalized spacial score (nSPS) is 16.6. The summed E-state index contributed by atoms with van der Waals surface area (Å²) >= 11 is 0. The van der Waals surface area contributed by atoms with Crippen LogP contribution in [0.4, 0.5) is 0 Å². The van der Waals surface area contributed by atoms with Crippen molar-refractivity contribution in [2.45, 2.75) is 38.2 Å². The van der Waals surface area contributed by atoms with E-state index in [1.165, 1.54) is 31.2 Å². The molecule has 0 heterocycles. The molecule has 0 bridgehead atoms. The van der Waals surface area contributed by atoms with Gasteiger partial charge in [0, 0.05) is 0 Å². The molecular formula is C14H20O2. The van der Waals surface area contributed by atoms with Gasteiger partial charge in [-0.25, -0.2) is 0 Å². The first kappa shape index (κ1) is 11.5. The molecule has 1 fully saturated rings. The average molecular weight is 220 g/mol. The van der Waals surface area contributed by atoms with Gasteiger partial charge >= 0.3 is 0 Å². The van der Waals surface area contributed by atoms with E-state index in [1.54, 1.807) is 7.11 Å². The fraction of sp³-hybridized carbons (Fsp3) is 0.571. The zero-order valence-corrected chi connectivity index (χ0v) is 9.95. The maximum Gasteiger partial charge on any atom is 0.118 e. The lowest BCUT2D eigenvalue weighted by Crippen LogP contribution is -2.09. The molecule has 0 radical (unpaired) electrons. The number of hydrogen-bond acceptors (Lipinski definition) is 2. The molecule has 0 unspecified atom stereocenters.